The van der Waals surface area contributed by atoms with Crippen LogP contribution >= 0.6 is 11.3 Å². The number of hydrogen-bond acceptors (Lipinski definition) is 6. The molecule has 154 valence electrons. The van der Waals surface area contributed by atoms with E-state index in [0.29, 0.717) is 22.8 Å². The van der Waals surface area contributed by atoms with Crippen molar-refractivity contribution in [3.8, 4) is 6.07 Å². The first kappa shape index (κ1) is 21.2. The quantitative estimate of drug-likeness (QED) is 0.757. The van der Waals surface area contributed by atoms with Gasteiger partial charge < -0.3 is 10.3 Å². The van der Waals surface area contributed by atoms with Crippen LogP contribution < -0.4 is 10.9 Å². The van der Waals surface area contributed by atoms with Crippen molar-refractivity contribution in [1.82, 2.24) is 14.9 Å². The number of H-pyrrole nitrogens is 1. The third kappa shape index (κ3) is 5.31. The monoisotopic (exact) mass is 413 g/mol. The van der Waals surface area contributed by atoms with E-state index in [2.05, 4.69) is 27.1 Å². The molecule has 2 N–H and O–H groups in total. The van der Waals surface area contributed by atoms with Gasteiger partial charge >= 0.3 is 0 Å². The zero-order chi connectivity index (χ0) is 21.0. The first-order valence-corrected chi connectivity index (χ1v) is 10.8. The summed E-state index contributed by atoms with van der Waals surface area (Å²) < 4.78 is 0. The summed E-state index contributed by atoms with van der Waals surface area (Å²) in [7, 11) is 0. The number of nitrogens with zero attached hydrogens (tertiary/aromatic N) is 3. The number of hydrogen-bond donors (Lipinski definition) is 2. The molecule has 1 fully saturated rings. The van der Waals surface area contributed by atoms with E-state index in [4.69, 9.17) is 5.26 Å². The van der Waals surface area contributed by atoms with E-state index in [0.717, 1.165) is 36.8 Å². The lowest BCUT2D eigenvalue weighted by Crippen LogP contribution is -2.33. The van der Waals surface area contributed by atoms with Gasteiger partial charge in [0.25, 0.3) is 5.56 Å². The molecular formula is C21H27N5O2S. The highest BCUT2D eigenvalue weighted by Gasteiger charge is 2.18. The normalized spacial score (nSPS) is 17.1. The zero-order valence-electron chi connectivity index (χ0n) is 17.2. The Morgan fingerprint density at radius 1 is 1.48 bits per heavy atom. The molecule has 2 aromatic rings. The summed E-state index contributed by atoms with van der Waals surface area (Å²) in [5, 5.41) is 14.6. The smallest absolute Gasteiger partial charge is 0.266 e. The summed E-state index contributed by atoms with van der Waals surface area (Å²) in [5.41, 5.74) is 2.91. The molecule has 1 saturated heterocycles. The molecule has 0 spiro atoms. The topological polar surface area (TPSA) is 102 Å². The highest BCUT2D eigenvalue weighted by Crippen LogP contribution is 2.21. The van der Waals surface area contributed by atoms with Gasteiger partial charge in [0.05, 0.1) is 5.69 Å². The molecular weight excluding hydrogens is 386 g/mol. The molecule has 3 heterocycles. The van der Waals surface area contributed by atoms with Crippen LogP contribution in [0.15, 0.2) is 10.2 Å². The first-order chi connectivity index (χ1) is 13.9. The third-order valence-electron chi connectivity index (χ3n) is 5.45. The van der Waals surface area contributed by atoms with Crippen molar-refractivity contribution in [2.75, 3.05) is 18.4 Å². The fourth-order valence-electron chi connectivity index (χ4n) is 3.94. The third-order valence-corrected chi connectivity index (χ3v) is 6.25. The van der Waals surface area contributed by atoms with Crippen molar-refractivity contribution in [2.24, 2.45) is 5.92 Å². The molecule has 0 unspecified atom stereocenters. The average molecular weight is 414 g/mol. The lowest BCUT2D eigenvalue weighted by molar-refractivity contribution is -0.116. The number of pyridine rings is 1. The van der Waals surface area contributed by atoms with Crippen LogP contribution in [0.2, 0.25) is 0 Å². The van der Waals surface area contributed by atoms with Gasteiger partial charge in [0.2, 0.25) is 5.91 Å². The number of carbonyl (C=O) groups is 1. The largest absolute Gasteiger partial charge is 0.325 e. The van der Waals surface area contributed by atoms with Crippen molar-refractivity contribution in [2.45, 2.75) is 53.0 Å². The van der Waals surface area contributed by atoms with E-state index in [1.165, 1.54) is 24.2 Å². The van der Waals surface area contributed by atoms with Crippen LogP contribution in [-0.2, 0) is 17.8 Å². The number of nitriles is 1. The molecule has 0 radical (unpaired) electrons. The molecule has 7 nitrogen and oxygen atoms in total. The summed E-state index contributed by atoms with van der Waals surface area (Å²) in [6.07, 6.45) is 3.24. The van der Waals surface area contributed by atoms with Crippen molar-refractivity contribution < 1.29 is 4.79 Å². The standard InChI is InChI=1S/C21H27N5O2S/c1-13-5-4-8-26(10-13)11-16-12-29-21(24-16)25-19(27)7-6-17-14(2)18(9-22)20(28)23-15(17)3/h12-13H,4-8,10-11H2,1-3H3,(H,23,28)(H,24,25,27)/t13-/m0/s1. The minimum absolute atomic E-state index is 0.114. The van der Waals surface area contributed by atoms with Crippen molar-refractivity contribution in [3.63, 3.8) is 0 Å². The molecule has 8 heteroatoms. The summed E-state index contributed by atoms with van der Waals surface area (Å²) in [6, 6.07) is 1.94. The van der Waals surface area contributed by atoms with Gasteiger partial charge in [-0.25, -0.2) is 4.98 Å². The molecule has 0 aromatic carbocycles. The molecule has 0 saturated carbocycles. The zero-order valence-corrected chi connectivity index (χ0v) is 18.0. The number of thiazole rings is 1. The minimum atomic E-state index is -0.380. The van der Waals surface area contributed by atoms with E-state index in [1.807, 2.05) is 11.4 Å². The number of rotatable bonds is 6. The van der Waals surface area contributed by atoms with Gasteiger partial charge in [0.1, 0.15) is 11.6 Å². The summed E-state index contributed by atoms with van der Waals surface area (Å²) in [6.45, 7) is 8.85. The van der Waals surface area contributed by atoms with Crippen LogP contribution in [0.1, 0.15) is 54.3 Å². The average Bonchev–Trinajstić information content (AvgIpc) is 3.08. The summed E-state index contributed by atoms with van der Waals surface area (Å²) in [5.74, 6) is 0.601. The molecule has 1 amide bonds. The minimum Gasteiger partial charge on any atom is -0.325 e. The Morgan fingerprint density at radius 2 is 2.28 bits per heavy atom. The number of likely N-dealkylation sites (tertiary alicyclic amines) is 1. The van der Waals surface area contributed by atoms with E-state index < -0.39 is 0 Å². The van der Waals surface area contributed by atoms with Gasteiger partial charge in [0, 0.05) is 30.6 Å². The molecule has 2 aromatic heterocycles. The van der Waals surface area contributed by atoms with E-state index >= 15 is 0 Å². The van der Waals surface area contributed by atoms with Gasteiger partial charge in [-0.15, -0.1) is 11.3 Å². The number of amides is 1. The Hall–Kier alpha value is -2.50. The van der Waals surface area contributed by atoms with Crippen LogP contribution in [0.4, 0.5) is 5.13 Å². The molecule has 1 aliphatic rings. The summed E-state index contributed by atoms with van der Waals surface area (Å²) >= 11 is 1.44. The van der Waals surface area contributed by atoms with Crippen molar-refractivity contribution >= 4 is 22.4 Å². The maximum atomic E-state index is 12.4. The highest BCUT2D eigenvalue weighted by atomic mass is 32.1. The second kappa shape index (κ2) is 9.33. The Morgan fingerprint density at radius 3 is 3.00 bits per heavy atom. The lowest BCUT2D eigenvalue weighted by atomic mass is 9.99. The first-order valence-electron chi connectivity index (χ1n) is 9.96. The molecule has 1 atom stereocenters. The van der Waals surface area contributed by atoms with Gasteiger partial charge in [-0.05, 0) is 56.7 Å². The van der Waals surface area contributed by atoms with Crippen LogP contribution in [-0.4, -0.2) is 33.9 Å². The fourth-order valence-corrected chi connectivity index (χ4v) is 4.65. The van der Waals surface area contributed by atoms with E-state index in [-0.39, 0.29) is 23.5 Å². The number of nitrogens with one attached hydrogen (secondary N) is 2. The number of aromatic amines is 1. The second-order valence-electron chi connectivity index (χ2n) is 7.84. The van der Waals surface area contributed by atoms with Crippen LogP contribution in [0.3, 0.4) is 0 Å². The Balaban J connectivity index is 1.56. The number of aromatic nitrogens is 2. The van der Waals surface area contributed by atoms with Gasteiger partial charge in [-0.1, -0.05) is 6.92 Å². The highest BCUT2D eigenvalue weighted by molar-refractivity contribution is 7.13. The SMILES string of the molecule is Cc1[nH]c(=O)c(C#N)c(C)c1CCC(=O)Nc1nc(CN2CCC[C@H](C)C2)cs1. The van der Waals surface area contributed by atoms with Crippen molar-refractivity contribution in [1.29, 1.82) is 5.26 Å². The Labute approximate surface area is 174 Å². The Bertz CT molecular complexity index is 988. The molecule has 1 aliphatic heterocycles. The number of piperidine rings is 1. The molecule has 29 heavy (non-hydrogen) atoms. The van der Waals surface area contributed by atoms with Gasteiger partial charge in [-0.2, -0.15) is 5.26 Å². The van der Waals surface area contributed by atoms with Crippen molar-refractivity contribution in [3.05, 3.63) is 43.8 Å². The fraction of sp³-hybridized carbons (Fsp3) is 0.524. The molecule has 0 aliphatic carbocycles. The predicted molar refractivity (Wildman–Crippen MR) is 114 cm³/mol. The van der Waals surface area contributed by atoms with Crippen LogP contribution in [0, 0.1) is 31.1 Å². The number of carbonyl (C=O) groups excluding carboxylic acids is 1. The maximum Gasteiger partial charge on any atom is 0.266 e. The van der Waals surface area contributed by atoms with Crippen LogP contribution in [0.25, 0.3) is 0 Å². The Kier molecular flexibility index (Phi) is 6.83. The predicted octanol–water partition coefficient (Wildman–Crippen LogP) is 3.12. The number of aryl methyl sites for hydroxylation is 1. The summed E-state index contributed by atoms with van der Waals surface area (Å²) in [4.78, 5) is 33.9. The van der Waals surface area contributed by atoms with Crippen LogP contribution in [0.5, 0.6) is 0 Å². The molecule has 3 rings (SSSR count). The van der Waals surface area contributed by atoms with Gasteiger partial charge in [0.15, 0.2) is 5.13 Å². The number of anilines is 1. The second-order valence-corrected chi connectivity index (χ2v) is 8.70. The maximum absolute atomic E-state index is 12.4. The lowest BCUT2D eigenvalue weighted by Gasteiger charge is -2.30. The van der Waals surface area contributed by atoms with E-state index in [9.17, 15) is 9.59 Å². The molecule has 0 bridgehead atoms. The van der Waals surface area contributed by atoms with E-state index in [1.54, 1.807) is 13.8 Å². The van der Waals surface area contributed by atoms with Gasteiger partial charge in [-0.3, -0.25) is 14.5 Å².